The highest BCUT2D eigenvalue weighted by Crippen LogP contribution is 2.29. The SMILES string of the molecule is Cc1cc(Cl)c2cc(C(=O)N3CCc4nc(C)sc4C3)[nH]c2c1. The van der Waals surface area contributed by atoms with E-state index in [4.69, 9.17) is 11.6 Å². The molecular formula is C17H16ClN3OS. The molecule has 1 aromatic carbocycles. The van der Waals surface area contributed by atoms with Crippen molar-refractivity contribution in [2.45, 2.75) is 26.8 Å². The molecule has 0 radical (unpaired) electrons. The Kier molecular flexibility index (Phi) is 3.43. The zero-order valence-electron chi connectivity index (χ0n) is 12.9. The van der Waals surface area contributed by atoms with Crippen LogP contribution in [-0.2, 0) is 13.0 Å². The normalized spacial score (nSPS) is 14.3. The van der Waals surface area contributed by atoms with E-state index in [9.17, 15) is 4.79 Å². The number of H-pyrrole nitrogens is 1. The Morgan fingerprint density at radius 2 is 2.17 bits per heavy atom. The molecule has 4 nitrogen and oxygen atoms in total. The molecule has 1 aliphatic heterocycles. The van der Waals surface area contributed by atoms with Crippen LogP contribution in [0.25, 0.3) is 10.9 Å². The van der Waals surface area contributed by atoms with Gasteiger partial charge in [0.1, 0.15) is 5.69 Å². The second kappa shape index (κ2) is 5.35. The smallest absolute Gasteiger partial charge is 0.270 e. The Morgan fingerprint density at radius 3 is 3.00 bits per heavy atom. The lowest BCUT2D eigenvalue weighted by Crippen LogP contribution is -2.35. The van der Waals surface area contributed by atoms with E-state index >= 15 is 0 Å². The molecule has 0 atom stereocenters. The van der Waals surface area contributed by atoms with Gasteiger partial charge in [0.05, 0.1) is 22.3 Å². The van der Waals surface area contributed by atoms with Crippen LogP contribution in [0.15, 0.2) is 18.2 Å². The van der Waals surface area contributed by atoms with Gasteiger partial charge >= 0.3 is 0 Å². The average Bonchev–Trinajstić information content (AvgIpc) is 3.07. The number of benzene rings is 1. The molecule has 1 N–H and O–H groups in total. The summed E-state index contributed by atoms with van der Waals surface area (Å²) in [7, 11) is 0. The highest BCUT2D eigenvalue weighted by Gasteiger charge is 2.25. The van der Waals surface area contributed by atoms with E-state index < -0.39 is 0 Å². The molecule has 0 fully saturated rings. The third-order valence-electron chi connectivity index (χ3n) is 4.19. The number of carbonyl (C=O) groups excluding carboxylic acids is 1. The third kappa shape index (κ3) is 2.54. The molecular weight excluding hydrogens is 330 g/mol. The van der Waals surface area contributed by atoms with Crippen molar-refractivity contribution in [1.29, 1.82) is 0 Å². The number of aryl methyl sites for hydroxylation is 2. The highest BCUT2D eigenvalue weighted by molar-refractivity contribution is 7.11. The molecule has 0 bridgehead atoms. The summed E-state index contributed by atoms with van der Waals surface area (Å²) < 4.78 is 0. The van der Waals surface area contributed by atoms with E-state index in [1.807, 2.05) is 36.9 Å². The number of nitrogens with one attached hydrogen (secondary N) is 1. The number of rotatable bonds is 1. The largest absolute Gasteiger partial charge is 0.350 e. The number of halogens is 1. The van der Waals surface area contributed by atoms with Crippen LogP contribution in [0.2, 0.25) is 5.02 Å². The van der Waals surface area contributed by atoms with Crippen molar-refractivity contribution in [1.82, 2.24) is 14.9 Å². The van der Waals surface area contributed by atoms with Crippen LogP contribution in [0.5, 0.6) is 0 Å². The van der Waals surface area contributed by atoms with E-state index in [-0.39, 0.29) is 5.91 Å². The van der Waals surface area contributed by atoms with E-state index in [1.165, 1.54) is 4.88 Å². The number of aromatic nitrogens is 2. The van der Waals surface area contributed by atoms with Gasteiger partial charge in [-0.25, -0.2) is 4.98 Å². The maximum absolute atomic E-state index is 12.8. The summed E-state index contributed by atoms with van der Waals surface area (Å²) in [6.45, 7) is 5.35. The number of hydrogen-bond donors (Lipinski definition) is 1. The van der Waals surface area contributed by atoms with Crippen molar-refractivity contribution < 1.29 is 4.79 Å². The summed E-state index contributed by atoms with van der Waals surface area (Å²) in [6, 6.07) is 5.78. The van der Waals surface area contributed by atoms with Gasteiger partial charge in [0.2, 0.25) is 0 Å². The lowest BCUT2D eigenvalue weighted by molar-refractivity contribution is 0.0731. The number of aromatic amines is 1. The van der Waals surface area contributed by atoms with Gasteiger partial charge in [0.25, 0.3) is 5.91 Å². The number of nitrogens with zero attached hydrogens (tertiary/aromatic N) is 2. The second-order valence-corrected chi connectivity index (χ2v) is 7.67. The number of carbonyl (C=O) groups is 1. The molecule has 3 aromatic rings. The fraction of sp³-hybridized carbons (Fsp3) is 0.294. The molecule has 0 saturated carbocycles. The maximum atomic E-state index is 12.8. The standard InChI is InChI=1S/C17H16ClN3OS/c1-9-5-12(18)11-7-15(20-14(11)6-9)17(22)21-4-3-13-16(8-21)23-10(2)19-13/h5-7,20H,3-4,8H2,1-2H3. The van der Waals surface area contributed by atoms with Gasteiger partial charge in [-0.1, -0.05) is 11.6 Å². The molecule has 4 rings (SSSR count). The van der Waals surface area contributed by atoms with Crippen LogP contribution in [-0.4, -0.2) is 27.3 Å². The highest BCUT2D eigenvalue weighted by atomic mass is 35.5. The van der Waals surface area contributed by atoms with E-state index in [1.54, 1.807) is 11.3 Å². The van der Waals surface area contributed by atoms with Crippen molar-refractivity contribution in [2.24, 2.45) is 0 Å². The first kappa shape index (κ1) is 14.7. The Labute approximate surface area is 143 Å². The van der Waals surface area contributed by atoms with Crippen LogP contribution in [0.3, 0.4) is 0 Å². The summed E-state index contributed by atoms with van der Waals surface area (Å²) in [6.07, 6.45) is 0.825. The summed E-state index contributed by atoms with van der Waals surface area (Å²) in [5, 5.41) is 2.64. The lowest BCUT2D eigenvalue weighted by atomic mass is 10.1. The van der Waals surface area contributed by atoms with E-state index in [0.29, 0.717) is 23.8 Å². The van der Waals surface area contributed by atoms with Gasteiger partial charge < -0.3 is 9.88 Å². The Balaban J connectivity index is 1.66. The molecule has 0 saturated heterocycles. The van der Waals surface area contributed by atoms with Gasteiger partial charge in [0.15, 0.2) is 0 Å². The zero-order valence-corrected chi connectivity index (χ0v) is 14.5. The molecule has 3 heterocycles. The van der Waals surface area contributed by atoms with Crippen molar-refractivity contribution in [3.63, 3.8) is 0 Å². The first-order valence-electron chi connectivity index (χ1n) is 7.54. The van der Waals surface area contributed by atoms with Gasteiger partial charge in [-0.2, -0.15) is 0 Å². The fourth-order valence-corrected chi connectivity index (χ4v) is 4.44. The zero-order chi connectivity index (χ0) is 16.1. The Hall–Kier alpha value is -1.85. The lowest BCUT2D eigenvalue weighted by Gasteiger charge is -2.25. The van der Waals surface area contributed by atoms with Gasteiger partial charge in [-0.15, -0.1) is 11.3 Å². The number of amides is 1. The molecule has 1 aliphatic rings. The number of fused-ring (bicyclic) bond motifs is 2. The second-order valence-electron chi connectivity index (χ2n) is 5.97. The third-order valence-corrected chi connectivity index (χ3v) is 5.50. The van der Waals surface area contributed by atoms with Crippen LogP contribution in [0.4, 0.5) is 0 Å². The van der Waals surface area contributed by atoms with Gasteiger partial charge in [-0.05, 0) is 37.6 Å². The summed E-state index contributed by atoms with van der Waals surface area (Å²) >= 11 is 7.96. The minimum atomic E-state index is 0.0200. The van der Waals surface area contributed by atoms with Crippen LogP contribution in [0, 0.1) is 13.8 Å². The van der Waals surface area contributed by atoms with Gasteiger partial charge in [-0.3, -0.25) is 4.79 Å². The van der Waals surface area contributed by atoms with Crippen LogP contribution < -0.4 is 0 Å². The molecule has 0 unspecified atom stereocenters. The summed E-state index contributed by atoms with van der Waals surface area (Å²) in [5.41, 5.74) is 3.72. The Bertz CT molecular complexity index is 927. The van der Waals surface area contributed by atoms with E-state index in [2.05, 4.69) is 9.97 Å². The van der Waals surface area contributed by atoms with Crippen molar-refractivity contribution in [3.8, 4) is 0 Å². The van der Waals surface area contributed by atoms with Crippen LogP contribution in [0.1, 0.15) is 31.6 Å². The Morgan fingerprint density at radius 1 is 1.35 bits per heavy atom. The fourth-order valence-electron chi connectivity index (χ4n) is 3.11. The minimum Gasteiger partial charge on any atom is -0.350 e. The number of hydrogen-bond acceptors (Lipinski definition) is 3. The van der Waals surface area contributed by atoms with E-state index in [0.717, 1.165) is 33.6 Å². The minimum absolute atomic E-state index is 0.0200. The topological polar surface area (TPSA) is 49.0 Å². The summed E-state index contributed by atoms with van der Waals surface area (Å²) in [4.78, 5) is 23.6. The summed E-state index contributed by atoms with van der Waals surface area (Å²) in [5.74, 6) is 0.0200. The average molecular weight is 346 g/mol. The predicted molar refractivity (Wildman–Crippen MR) is 93.3 cm³/mol. The van der Waals surface area contributed by atoms with Crippen molar-refractivity contribution in [3.05, 3.63) is 50.1 Å². The molecule has 2 aromatic heterocycles. The molecule has 0 spiro atoms. The van der Waals surface area contributed by atoms with Crippen molar-refractivity contribution in [2.75, 3.05) is 6.54 Å². The molecule has 0 aliphatic carbocycles. The first-order valence-corrected chi connectivity index (χ1v) is 8.74. The molecule has 6 heteroatoms. The van der Waals surface area contributed by atoms with Gasteiger partial charge in [0, 0.05) is 28.7 Å². The molecule has 1 amide bonds. The molecule has 118 valence electrons. The quantitative estimate of drug-likeness (QED) is 0.722. The molecule has 23 heavy (non-hydrogen) atoms. The first-order chi connectivity index (χ1) is 11.0. The van der Waals surface area contributed by atoms with Crippen molar-refractivity contribution >= 4 is 39.7 Å². The maximum Gasteiger partial charge on any atom is 0.270 e. The van der Waals surface area contributed by atoms with Crippen LogP contribution >= 0.6 is 22.9 Å². The number of thiazole rings is 1. The monoisotopic (exact) mass is 345 g/mol. The predicted octanol–water partition coefficient (Wildman–Crippen LogP) is 4.09.